The monoisotopic (exact) mass is 604 g/mol. The number of hydrogen-bond donors (Lipinski definition) is 0. The quantitative estimate of drug-likeness (QED) is 0.192. The fraction of sp³-hybridized carbons (Fsp3) is 0.394. The first kappa shape index (κ1) is 32.1. The molecule has 0 aliphatic carbocycles. The molecular formula is C33H34F6N2O2. The van der Waals surface area contributed by atoms with Gasteiger partial charge in [0.25, 0.3) is 0 Å². The van der Waals surface area contributed by atoms with Gasteiger partial charge in [-0.3, -0.25) is 0 Å². The maximum absolute atomic E-state index is 14.9. The summed E-state index contributed by atoms with van der Waals surface area (Å²) in [6, 6.07) is 12.6. The van der Waals surface area contributed by atoms with Crippen LogP contribution in [0.15, 0.2) is 69.5 Å². The lowest BCUT2D eigenvalue weighted by molar-refractivity contribution is -0.288. The highest BCUT2D eigenvalue weighted by molar-refractivity contribution is 5.79. The van der Waals surface area contributed by atoms with Gasteiger partial charge in [0.1, 0.15) is 11.0 Å². The highest BCUT2D eigenvalue weighted by atomic mass is 19.4. The third-order valence-electron chi connectivity index (χ3n) is 7.11. The van der Waals surface area contributed by atoms with Gasteiger partial charge in [-0.1, -0.05) is 79.7 Å². The zero-order valence-electron chi connectivity index (χ0n) is 25.3. The van der Waals surface area contributed by atoms with E-state index in [-0.39, 0.29) is 39.4 Å². The van der Waals surface area contributed by atoms with Gasteiger partial charge in [-0.05, 0) is 58.5 Å². The third-order valence-corrected chi connectivity index (χ3v) is 7.11. The van der Waals surface area contributed by atoms with Gasteiger partial charge in [0.05, 0.1) is 0 Å². The van der Waals surface area contributed by atoms with Gasteiger partial charge < -0.3 is 8.83 Å². The number of hydrogen-bond acceptors (Lipinski definition) is 4. The minimum absolute atomic E-state index is 0.0601. The van der Waals surface area contributed by atoms with Crippen molar-refractivity contribution in [2.75, 3.05) is 0 Å². The highest BCUT2D eigenvalue weighted by Crippen LogP contribution is 2.57. The van der Waals surface area contributed by atoms with Crippen LogP contribution in [-0.4, -0.2) is 22.3 Å². The van der Waals surface area contributed by atoms with E-state index in [1.165, 1.54) is 0 Å². The molecule has 0 saturated carbocycles. The van der Waals surface area contributed by atoms with Crippen LogP contribution in [0.1, 0.15) is 78.0 Å². The first-order chi connectivity index (χ1) is 19.8. The van der Waals surface area contributed by atoms with Crippen molar-refractivity contribution in [3.8, 4) is 11.5 Å². The largest absolute Gasteiger partial charge is 0.440 e. The van der Waals surface area contributed by atoms with E-state index in [9.17, 15) is 26.3 Å². The van der Waals surface area contributed by atoms with Gasteiger partial charge in [0.15, 0.2) is 11.2 Å². The Morgan fingerprint density at radius 3 is 1.56 bits per heavy atom. The molecule has 2 aromatic heterocycles. The number of halogens is 6. The number of rotatable bonds is 3. The van der Waals surface area contributed by atoms with Crippen LogP contribution in [0.4, 0.5) is 26.3 Å². The second-order valence-corrected chi connectivity index (χ2v) is 12.2. The fourth-order valence-electron chi connectivity index (χ4n) is 4.87. The Labute approximate surface area is 246 Å². The normalized spacial score (nSPS) is 13.3. The van der Waals surface area contributed by atoms with Crippen molar-refractivity contribution in [3.05, 3.63) is 83.2 Å². The summed E-state index contributed by atoms with van der Waals surface area (Å²) in [5.41, 5.74) is -5.80. The summed E-state index contributed by atoms with van der Waals surface area (Å²) in [4.78, 5) is 8.49. The molecule has 0 atom stereocenters. The molecular weight excluding hydrogens is 570 g/mol. The highest BCUT2D eigenvalue weighted by Gasteiger charge is 2.72. The summed E-state index contributed by atoms with van der Waals surface area (Å²) >= 11 is 0. The lowest BCUT2D eigenvalue weighted by atomic mass is 9.72. The summed E-state index contributed by atoms with van der Waals surface area (Å²) in [6.45, 7) is 15.4. The molecule has 5 aromatic rings. The van der Waals surface area contributed by atoms with Gasteiger partial charge in [-0.2, -0.15) is 26.3 Å². The molecule has 0 amide bonds. The lowest BCUT2D eigenvalue weighted by Crippen LogP contribution is -2.54. The predicted molar refractivity (Wildman–Crippen MR) is 155 cm³/mol. The number of aromatic nitrogens is 2. The summed E-state index contributed by atoms with van der Waals surface area (Å²) < 4.78 is 101. The molecule has 0 saturated heterocycles. The van der Waals surface area contributed by atoms with Crippen LogP contribution in [0.3, 0.4) is 0 Å². The Balaban J connectivity index is 0.00000207. The topological polar surface area (TPSA) is 52.1 Å². The smallest absolute Gasteiger partial charge is 0.411 e. The van der Waals surface area contributed by atoms with Crippen molar-refractivity contribution in [1.82, 2.24) is 9.97 Å². The van der Waals surface area contributed by atoms with E-state index < -0.39 is 34.3 Å². The second kappa shape index (κ2) is 10.7. The van der Waals surface area contributed by atoms with Gasteiger partial charge in [0.2, 0.25) is 17.2 Å². The number of oxazole rings is 2. The average molecular weight is 605 g/mol. The van der Waals surface area contributed by atoms with E-state index in [0.29, 0.717) is 5.56 Å². The Hall–Kier alpha value is -3.82. The van der Waals surface area contributed by atoms with Crippen molar-refractivity contribution in [2.24, 2.45) is 0 Å². The molecule has 3 aromatic carbocycles. The number of fused-ring (bicyclic) bond motifs is 2. The fourth-order valence-corrected chi connectivity index (χ4v) is 4.87. The number of benzene rings is 3. The van der Waals surface area contributed by atoms with E-state index in [2.05, 4.69) is 9.97 Å². The average Bonchev–Trinajstić information content (AvgIpc) is 3.52. The Kier molecular flexibility index (Phi) is 8.00. The molecule has 5 rings (SSSR count). The molecule has 4 nitrogen and oxygen atoms in total. The van der Waals surface area contributed by atoms with Crippen LogP contribution in [-0.2, 0) is 16.2 Å². The Bertz CT molecular complexity index is 1730. The molecule has 0 fully saturated rings. The molecule has 230 valence electrons. The Morgan fingerprint density at radius 2 is 1.07 bits per heavy atom. The molecule has 2 heterocycles. The minimum atomic E-state index is -5.77. The van der Waals surface area contributed by atoms with E-state index in [1.807, 2.05) is 46.8 Å². The van der Waals surface area contributed by atoms with Gasteiger partial charge in [-0.15, -0.1) is 0 Å². The maximum atomic E-state index is 14.9. The number of nitrogens with zero attached hydrogens (tertiary/aromatic N) is 2. The van der Waals surface area contributed by atoms with Crippen LogP contribution >= 0.6 is 0 Å². The zero-order valence-corrected chi connectivity index (χ0v) is 25.3. The summed E-state index contributed by atoms with van der Waals surface area (Å²) in [7, 11) is 0. The molecule has 0 unspecified atom stereocenters. The van der Waals surface area contributed by atoms with Crippen LogP contribution in [0.2, 0.25) is 0 Å². The molecule has 0 spiro atoms. The molecule has 0 aliphatic heterocycles. The van der Waals surface area contributed by atoms with Crippen LogP contribution in [0, 0.1) is 0 Å². The molecule has 10 heteroatoms. The van der Waals surface area contributed by atoms with Crippen LogP contribution in [0.25, 0.3) is 33.7 Å². The van der Waals surface area contributed by atoms with Gasteiger partial charge >= 0.3 is 12.4 Å². The Morgan fingerprint density at radius 1 is 0.558 bits per heavy atom. The second-order valence-electron chi connectivity index (χ2n) is 12.2. The summed E-state index contributed by atoms with van der Waals surface area (Å²) in [5.74, 6) is 0.285. The minimum Gasteiger partial charge on any atom is -0.440 e. The molecule has 43 heavy (non-hydrogen) atoms. The zero-order chi connectivity index (χ0) is 32.2. The molecule has 0 N–H and O–H groups in total. The van der Waals surface area contributed by atoms with Gasteiger partial charge in [-0.25, -0.2) is 9.97 Å². The summed E-state index contributed by atoms with van der Waals surface area (Å²) in [5, 5.41) is 0. The first-order valence-corrected chi connectivity index (χ1v) is 13.9. The van der Waals surface area contributed by atoms with Crippen molar-refractivity contribution >= 4 is 22.2 Å². The van der Waals surface area contributed by atoms with Crippen molar-refractivity contribution in [1.29, 1.82) is 0 Å². The van der Waals surface area contributed by atoms with E-state index in [4.69, 9.17) is 8.83 Å². The third kappa shape index (κ3) is 5.63. The van der Waals surface area contributed by atoms with E-state index in [1.54, 1.807) is 32.9 Å². The SMILES string of the molecule is CC.CC(C)(C)c1cccc(-c2nc3cc(C(c4ccc5oc(C(C)(C)C)nc5c4)(C(F)(F)F)C(F)(F)F)ccc3o2)c1. The standard InChI is InChI=1S/C31H28F6N2O2.C2H6/c1-27(2,3)18-9-7-8-17(14-18)25-38-21-15-19(10-12-23(21)40-25)29(30(32,33)34,31(35,36)37)20-11-13-24-22(16-20)39-26(41-24)28(4,5)6;1-2/h7-16H,1-6H3;1-2H3. The number of alkyl halides is 6. The first-order valence-electron chi connectivity index (χ1n) is 13.9. The van der Waals surface area contributed by atoms with E-state index in [0.717, 1.165) is 42.0 Å². The maximum Gasteiger partial charge on any atom is 0.411 e. The molecule has 0 radical (unpaired) electrons. The van der Waals surface area contributed by atoms with E-state index >= 15 is 0 Å². The van der Waals surface area contributed by atoms with Crippen LogP contribution in [0.5, 0.6) is 0 Å². The van der Waals surface area contributed by atoms with Crippen LogP contribution < -0.4 is 0 Å². The molecule has 0 bridgehead atoms. The summed E-state index contributed by atoms with van der Waals surface area (Å²) in [6.07, 6.45) is -11.5. The van der Waals surface area contributed by atoms with Crippen molar-refractivity contribution in [3.63, 3.8) is 0 Å². The molecule has 0 aliphatic rings. The van der Waals surface area contributed by atoms with Crippen molar-refractivity contribution < 1.29 is 35.2 Å². The van der Waals surface area contributed by atoms with Crippen molar-refractivity contribution in [2.45, 2.75) is 84.0 Å². The predicted octanol–water partition coefficient (Wildman–Crippen LogP) is 10.7. The van der Waals surface area contributed by atoms with Gasteiger partial charge in [0, 0.05) is 11.0 Å². The lowest BCUT2D eigenvalue weighted by Gasteiger charge is -2.38.